The van der Waals surface area contributed by atoms with Crippen LogP contribution < -0.4 is 4.74 Å². The summed E-state index contributed by atoms with van der Waals surface area (Å²) in [4.78, 5) is 10.9. The van der Waals surface area contributed by atoms with Crippen molar-refractivity contribution >= 4 is 17.3 Å². The second-order valence-electron chi connectivity index (χ2n) is 6.08. The van der Waals surface area contributed by atoms with E-state index in [1.165, 1.54) is 0 Å². The van der Waals surface area contributed by atoms with E-state index in [0.29, 0.717) is 6.61 Å². The molecular weight excluding hydrogens is 328 g/mol. The molecule has 0 aliphatic rings. The minimum absolute atomic E-state index is 0.00163. The molecule has 0 aromatic heterocycles. The van der Waals surface area contributed by atoms with Gasteiger partial charge in [-0.2, -0.15) is 10.2 Å². The van der Waals surface area contributed by atoms with Gasteiger partial charge in [0.15, 0.2) is 0 Å². The summed E-state index contributed by atoms with van der Waals surface area (Å²) >= 11 is 0. The molecule has 5 heteroatoms. The molecule has 5 nitrogen and oxygen atoms in total. The van der Waals surface area contributed by atoms with Crippen molar-refractivity contribution in [2.45, 2.75) is 20.3 Å². The summed E-state index contributed by atoms with van der Waals surface area (Å²) in [7, 11) is 0. The summed E-state index contributed by atoms with van der Waals surface area (Å²) in [5.74, 6) is -0.390. The third kappa shape index (κ3) is 6.51. The molecule has 2 aromatic carbocycles. The Morgan fingerprint density at radius 2 is 1.65 bits per heavy atom. The standard InChI is InChI=1S/C21H24N2O3/c1-16(17(2)21(24)25)8-6-7-15-26-20-13-11-19(12-14-20)23-22-18-9-4-3-5-10-18/h3-6,8-14,16-17H,7,15H2,1-2H3,(H,24,25)/b8-6-,23-22?. The lowest BCUT2D eigenvalue weighted by Crippen LogP contribution is -2.16. The molecule has 0 heterocycles. The number of hydrogen-bond donors (Lipinski definition) is 1. The first-order chi connectivity index (χ1) is 12.6. The number of benzene rings is 2. The van der Waals surface area contributed by atoms with Gasteiger partial charge in [0, 0.05) is 0 Å². The first-order valence-electron chi connectivity index (χ1n) is 8.65. The summed E-state index contributed by atoms with van der Waals surface area (Å²) in [5.41, 5.74) is 1.57. The number of carboxylic acids is 1. The number of aliphatic carboxylic acids is 1. The lowest BCUT2D eigenvalue weighted by atomic mass is 9.96. The van der Waals surface area contributed by atoms with Gasteiger partial charge >= 0.3 is 5.97 Å². The Morgan fingerprint density at radius 3 is 2.27 bits per heavy atom. The van der Waals surface area contributed by atoms with Crippen LogP contribution in [0.15, 0.2) is 77.0 Å². The molecule has 0 spiro atoms. The lowest BCUT2D eigenvalue weighted by Gasteiger charge is -2.10. The van der Waals surface area contributed by atoms with Crippen molar-refractivity contribution in [3.8, 4) is 5.75 Å². The third-order valence-corrected chi connectivity index (χ3v) is 4.04. The SMILES string of the molecule is CC(/C=C\CCOc1ccc(N=Nc2ccccc2)cc1)C(C)C(=O)O. The molecule has 0 aliphatic heterocycles. The molecule has 0 bridgehead atoms. The third-order valence-electron chi connectivity index (χ3n) is 4.04. The molecule has 26 heavy (non-hydrogen) atoms. The summed E-state index contributed by atoms with van der Waals surface area (Å²) in [6.45, 7) is 4.15. The highest BCUT2D eigenvalue weighted by molar-refractivity contribution is 5.70. The van der Waals surface area contributed by atoms with Gasteiger partial charge in [0.05, 0.1) is 23.9 Å². The zero-order valence-corrected chi connectivity index (χ0v) is 15.1. The van der Waals surface area contributed by atoms with Crippen LogP contribution in [0.2, 0.25) is 0 Å². The van der Waals surface area contributed by atoms with Gasteiger partial charge in [0.25, 0.3) is 0 Å². The van der Waals surface area contributed by atoms with Gasteiger partial charge in [-0.3, -0.25) is 4.79 Å². The molecule has 136 valence electrons. The molecule has 0 aliphatic carbocycles. The van der Waals surface area contributed by atoms with E-state index in [1.807, 2.05) is 73.7 Å². The number of azo groups is 1. The number of rotatable bonds is 9. The second-order valence-corrected chi connectivity index (χ2v) is 6.08. The van der Waals surface area contributed by atoms with Crippen LogP contribution >= 0.6 is 0 Å². The molecular formula is C21H24N2O3. The largest absolute Gasteiger partial charge is 0.493 e. The second kappa shape index (κ2) is 10.1. The van der Waals surface area contributed by atoms with Crippen LogP contribution in [-0.2, 0) is 4.79 Å². The van der Waals surface area contributed by atoms with E-state index in [1.54, 1.807) is 6.92 Å². The predicted molar refractivity (Wildman–Crippen MR) is 102 cm³/mol. The van der Waals surface area contributed by atoms with Crippen molar-refractivity contribution < 1.29 is 14.6 Å². The number of allylic oxidation sites excluding steroid dienone is 1. The first-order valence-corrected chi connectivity index (χ1v) is 8.65. The minimum atomic E-state index is -0.775. The normalized spacial score (nSPS) is 13.8. The van der Waals surface area contributed by atoms with Gasteiger partial charge in [-0.1, -0.05) is 44.2 Å². The number of ether oxygens (including phenoxy) is 1. The van der Waals surface area contributed by atoms with E-state index in [0.717, 1.165) is 23.5 Å². The fourth-order valence-corrected chi connectivity index (χ4v) is 2.17. The first kappa shape index (κ1) is 19.4. The van der Waals surface area contributed by atoms with E-state index < -0.39 is 5.97 Å². The van der Waals surface area contributed by atoms with Crippen molar-refractivity contribution in [2.75, 3.05) is 6.61 Å². The van der Waals surface area contributed by atoms with Crippen molar-refractivity contribution in [1.29, 1.82) is 0 Å². The maximum atomic E-state index is 10.9. The molecule has 1 N–H and O–H groups in total. The highest BCUT2D eigenvalue weighted by atomic mass is 16.5. The molecule has 0 fully saturated rings. The molecule has 0 saturated heterocycles. The molecule has 2 unspecified atom stereocenters. The van der Waals surface area contributed by atoms with Gasteiger partial charge in [-0.15, -0.1) is 0 Å². The Bertz CT molecular complexity index is 740. The Labute approximate surface area is 154 Å². The van der Waals surface area contributed by atoms with E-state index in [-0.39, 0.29) is 11.8 Å². The van der Waals surface area contributed by atoms with Crippen LogP contribution in [-0.4, -0.2) is 17.7 Å². The number of carboxylic acid groups (broad SMARTS) is 1. The quantitative estimate of drug-likeness (QED) is 0.353. The van der Waals surface area contributed by atoms with Crippen LogP contribution in [0.5, 0.6) is 5.75 Å². The smallest absolute Gasteiger partial charge is 0.306 e. The van der Waals surface area contributed by atoms with Crippen molar-refractivity contribution in [2.24, 2.45) is 22.1 Å². The van der Waals surface area contributed by atoms with Crippen LogP contribution in [0.1, 0.15) is 20.3 Å². The van der Waals surface area contributed by atoms with E-state index in [4.69, 9.17) is 9.84 Å². The van der Waals surface area contributed by atoms with Gasteiger partial charge in [0.2, 0.25) is 0 Å². The number of hydrogen-bond acceptors (Lipinski definition) is 4. The number of nitrogens with zero attached hydrogens (tertiary/aromatic N) is 2. The summed E-state index contributed by atoms with van der Waals surface area (Å²) in [6.07, 6.45) is 4.62. The predicted octanol–water partition coefficient (Wildman–Crippen LogP) is 5.78. The van der Waals surface area contributed by atoms with Gasteiger partial charge in [-0.05, 0) is 48.7 Å². The molecule has 0 saturated carbocycles. The average Bonchev–Trinajstić information content (AvgIpc) is 2.67. The highest BCUT2D eigenvalue weighted by Crippen LogP contribution is 2.21. The Hall–Kier alpha value is -2.95. The average molecular weight is 352 g/mol. The van der Waals surface area contributed by atoms with Crippen molar-refractivity contribution in [1.82, 2.24) is 0 Å². The fourth-order valence-electron chi connectivity index (χ4n) is 2.17. The van der Waals surface area contributed by atoms with Crippen LogP contribution in [0.3, 0.4) is 0 Å². The van der Waals surface area contributed by atoms with Crippen LogP contribution in [0, 0.1) is 11.8 Å². The monoisotopic (exact) mass is 352 g/mol. The van der Waals surface area contributed by atoms with Gasteiger partial charge in [-0.25, -0.2) is 0 Å². The van der Waals surface area contributed by atoms with Crippen molar-refractivity contribution in [3.05, 3.63) is 66.7 Å². The Morgan fingerprint density at radius 1 is 1.04 bits per heavy atom. The van der Waals surface area contributed by atoms with Crippen molar-refractivity contribution in [3.63, 3.8) is 0 Å². The van der Waals surface area contributed by atoms with E-state index in [2.05, 4.69) is 10.2 Å². The molecule has 2 rings (SSSR count). The highest BCUT2D eigenvalue weighted by Gasteiger charge is 2.16. The van der Waals surface area contributed by atoms with E-state index >= 15 is 0 Å². The number of carbonyl (C=O) groups is 1. The minimum Gasteiger partial charge on any atom is -0.493 e. The lowest BCUT2D eigenvalue weighted by molar-refractivity contribution is -0.142. The topological polar surface area (TPSA) is 71.2 Å². The zero-order chi connectivity index (χ0) is 18.8. The zero-order valence-electron chi connectivity index (χ0n) is 15.1. The summed E-state index contributed by atoms with van der Waals surface area (Å²) < 4.78 is 5.67. The fraction of sp³-hybridized carbons (Fsp3) is 0.286. The molecule has 2 atom stereocenters. The summed E-state index contributed by atoms with van der Waals surface area (Å²) in [5, 5.41) is 17.3. The maximum Gasteiger partial charge on any atom is 0.306 e. The van der Waals surface area contributed by atoms with Crippen LogP contribution in [0.4, 0.5) is 11.4 Å². The Kier molecular flexibility index (Phi) is 7.55. The van der Waals surface area contributed by atoms with Gasteiger partial charge in [0.1, 0.15) is 5.75 Å². The molecule has 0 amide bonds. The summed E-state index contributed by atoms with van der Waals surface area (Å²) in [6, 6.07) is 17.0. The van der Waals surface area contributed by atoms with Gasteiger partial charge < -0.3 is 9.84 Å². The molecule has 2 aromatic rings. The molecule has 0 radical (unpaired) electrons. The van der Waals surface area contributed by atoms with Crippen LogP contribution in [0.25, 0.3) is 0 Å². The maximum absolute atomic E-state index is 10.9. The van der Waals surface area contributed by atoms with E-state index in [9.17, 15) is 4.79 Å². The Balaban J connectivity index is 1.75.